The third-order valence-corrected chi connectivity index (χ3v) is 10.9. The molecule has 0 aromatic carbocycles. The molecule has 2 unspecified atom stereocenters. The van der Waals surface area contributed by atoms with Crippen molar-refractivity contribution in [2.45, 2.75) is 117 Å². The summed E-state index contributed by atoms with van der Waals surface area (Å²) in [7, 11) is -3.39. The third-order valence-electron chi connectivity index (χ3n) is 9.80. The lowest BCUT2D eigenvalue weighted by atomic mass is 9.49. The number of primary amides is 1. The number of carbonyl (C=O) groups excluding carboxylic acids is 5. The lowest BCUT2D eigenvalue weighted by Crippen LogP contribution is -2.73. The van der Waals surface area contributed by atoms with Crippen LogP contribution in [0.15, 0.2) is 0 Å². The minimum atomic E-state index is -3.39. The highest BCUT2D eigenvalue weighted by atomic mass is 32.2. The van der Waals surface area contributed by atoms with E-state index in [0.29, 0.717) is 25.8 Å². The van der Waals surface area contributed by atoms with E-state index in [-0.39, 0.29) is 29.4 Å². The van der Waals surface area contributed by atoms with Gasteiger partial charge in [-0.2, -0.15) is 0 Å². The number of rotatable bonds is 11. The number of nitrogens with one attached hydrogen (secondary N) is 3. The number of amides is 5. The van der Waals surface area contributed by atoms with Crippen molar-refractivity contribution < 1.29 is 32.4 Å². The van der Waals surface area contributed by atoms with Crippen molar-refractivity contribution in [2.24, 2.45) is 28.4 Å². The zero-order valence-corrected chi connectivity index (χ0v) is 27.6. The van der Waals surface area contributed by atoms with E-state index in [1.807, 2.05) is 27.7 Å². The van der Waals surface area contributed by atoms with E-state index < -0.39 is 68.5 Å². The Bertz CT molecular complexity index is 1220. The van der Waals surface area contributed by atoms with Crippen LogP contribution in [0.1, 0.15) is 92.9 Å². The number of nitrogens with zero attached hydrogens (tertiary/aromatic N) is 1. The molecule has 0 aromatic heterocycles. The Balaban J connectivity index is 1.88. The first-order chi connectivity index (χ1) is 19.7. The molecule has 0 radical (unpaired) electrons. The standard InChI is InChI=1S/C30H51N5O7S/c1-8-12-20(22(36)24(31)37)32-25(38)21-19-15-18(29(19,5)6)16-35(21)26(39)23(28(2,3)4)33-27(40)34-30(17-43(7,41)42)13-10-9-11-14-30/h18-21,23H,8-17H2,1-7H3,(H2,31,37)(H,32,38)(H2,33,34,40)/t18-,19+,20?,21?,23-/m1/s1. The average Bonchev–Trinajstić information content (AvgIpc) is 2.88. The van der Waals surface area contributed by atoms with Crippen LogP contribution in [0.3, 0.4) is 0 Å². The van der Waals surface area contributed by atoms with E-state index in [2.05, 4.69) is 29.8 Å². The minimum Gasteiger partial charge on any atom is -0.363 e. The SMILES string of the molecule is CCCC(NC(=O)C1[C@@H]2C[C@H](CN1C(=O)[C@@H](NC(=O)NC1(CS(C)(=O)=O)CCCCC1)C(C)(C)C)C2(C)C)C(=O)C(N)=O. The molecule has 4 rings (SSSR count). The average molecular weight is 626 g/mol. The normalized spacial score (nSPS) is 25.8. The van der Waals surface area contributed by atoms with Crippen LogP contribution in [0.25, 0.3) is 0 Å². The van der Waals surface area contributed by atoms with Crippen LogP contribution in [0.5, 0.6) is 0 Å². The summed E-state index contributed by atoms with van der Waals surface area (Å²) in [6.45, 7) is 11.7. The molecule has 2 saturated heterocycles. The van der Waals surface area contributed by atoms with Gasteiger partial charge in [0.15, 0.2) is 0 Å². The number of fused-ring (bicyclic) bond motifs is 2. The monoisotopic (exact) mass is 625 g/mol. The maximum Gasteiger partial charge on any atom is 0.315 e. The van der Waals surface area contributed by atoms with Gasteiger partial charge in [0.2, 0.25) is 17.6 Å². The van der Waals surface area contributed by atoms with E-state index in [0.717, 1.165) is 31.9 Å². The number of nitrogens with two attached hydrogens (primary N) is 1. The molecule has 0 aromatic rings. The largest absolute Gasteiger partial charge is 0.363 e. The fourth-order valence-corrected chi connectivity index (χ4v) is 8.63. The van der Waals surface area contributed by atoms with Crippen LogP contribution in [-0.4, -0.2) is 85.1 Å². The van der Waals surface area contributed by atoms with Gasteiger partial charge in [-0.25, -0.2) is 13.2 Å². The zero-order chi connectivity index (χ0) is 32.5. The van der Waals surface area contributed by atoms with Gasteiger partial charge in [-0.15, -0.1) is 0 Å². The molecule has 5 N–H and O–H groups in total. The Kier molecular flexibility index (Phi) is 10.3. The Morgan fingerprint density at radius 1 is 1.02 bits per heavy atom. The van der Waals surface area contributed by atoms with E-state index in [9.17, 15) is 32.4 Å². The van der Waals surface area contributed by atoms with Crippen molar-refractivity contribution >= 4 is 39.4 Å². The molecule has 12 nitrogen and oxygen atoms in total. The fourth-order valence-electron chi connectivity index (χ4n) is 7.27. The Labute approximate surface area is 255 Å². The number of hydrogen-bond donors (Lipinski definition) is 4. The molecule has 5 amide bonds. The first-order valence-electron chi connectivity index (χ1n) is 15.4. The number of hydrogen-bond acceptors (Lipinski definition) is 7. The van der Waals surface area contributed by atoms with Gasteiger partial charge in [0.1, 0.15) is 21.9 Å². The fraction of sp³-hybridized carbons (Fsp3) is 0.833. The summed E-state index contributed by atoms with van der Waals surface area (Å²) in [6, 6.07) is -3.65. The molecule has 244 valence electrons. The predicted octanol–water partition coefficient (Wildman–Crippen LogP) is 1.66. The summed E-state index contributed by atoms with van der Waals surface area (Å²) in [4.78, 5) is 67.2. The molecule has 13 heteroatoms. The zero-order valence-electron chi connectivity index (χ0n) is 26.7. The van der Waals surface area contributed by atoms with Crippen LogP contribution in [0.2, 0.25) is 0 Å². The molecule has 43 heavy (non-hydrogen) atoms. The van der Waals surface area contributed by atoms with E-state index in [4.69, 9.17) is 5.73 Å². The second-order valence-corrected chi connectivity index (χ2v) is 16.8. The van der Waals surface area contributed by atoms with E-state index in [1.54, 1.807) is 0 Å². The number of carbonyl (C=O) groups is 5. The molecule has 4 fully saturated rings. The van der Waals surface area contributed by atoms with Crippen molar-refractivity contribution in [3.05, 3.63) is 0 Å². The van der Waals surface area contributed by atoms with Crippen LogP contribution >= 0.6 is 0 Å². The maximum absolute atomic E-state index is 14.3. The van der Waals surface area contributed by atoms with Crippen molar-refractivity contribution in [3.8, 4) is 0 Å². The smallest absolute Gasteiger partial charge is 0.315 e. The molecule has 2 aliphatic carbocycles. The maximum atomic E-state index is 14.3. The number of ketones is 1. The lowest BCUT2D eigenvalue weighted by molar-refractivity contribution is -0.179. The molecule has 4 aliphatic rings. The molecule has 5 atom stereocenters. The Morgan fingerprint density at radius 3 is 2.12 bits per heavy atom. The minimum absolute atomic E-state index is 0.152. The Hall–Kier alpha value is -2.70. The number of piperidine rings is 2. The van der Waals surface area contributed by atoms with Gasteiger partial charge < -0.3 is 26.6 Å². The molecule has 2 aliphatic heterocycles. The van der Waals surface area contributed by atoms with Crippen molar-refractivity contribution in [1.82, 2.24) is 20.9 Å². The third kappa shape index (κ3) is 7.88. The summed E-state index contributed by atoms with van der Waals surface area (Å²) in [5, 5.41) is 8.46. The molecule has 2 bridgehead atoms. The van der Waals surface area contributed by atoms with Crippen molar-refractivity contribution in [3.63, 3.8) is 0 Å². The number of sulfone groups is 1. The molecule has 2 saturated carbocycles. The topological polar surface area (TPSA) is 185 Å². The van der Waals surface area contributed by atoms with Crippen LogP contribution in [-0.2, 0) is 29.0 Å². The summed E-state index contributed by atoms with van der Waals surface area (Å²) >= 11 is 0. The first kappa shape index (κ1) is 34.8. The second kappa shape index (κ2) is 12.7. The molecular formula is C30H51N5O7S. The number of urea groups is 1. The molecular weight excluding hydrogens is 574 g/mol. The molecule has 2 heterocycles. The highest BCUT2D eigenvalue weighted by molar-refractivity contribution is 7.90. The van der Waals surface area contributed by atoms with Crippen molar-refractivity contribution in [1.29, 1.82) is 0 Å². The van der Waals surface area contributed by atoms with Gasteiger partial charge in [0, 0.05) is 12.8 Å². The predicted molar refractivity (Wildman–Crippen MR) is 162 cm³/mol. The van der Waals surface area contributed by atoms with E-state index in [1.165, 1.54) is 4.90 Å². The summed E-state index contributed by atoms with van der Waals surface area (Å²) in [6.07, 6.45) is 6.23. The van der Waals surface area contributed by atoms with Gasteiger partial charge in [-0.3, -0.25) is 19.2 Å². The quantitative estimate of drug-likeness (QED) is 0.252. The highest BCUT2D eigenvalue weighted by Gasteiger charge is 2.61. The van der Waals surface area contributed by atoms with Gasteiger partial charge in [0.25, 0.3) is 5.91 Å². The second-order valence-electron chi connectivity index (χ2n) is 14.7. The highest BCUT2D eigenvalue weighted by Crippen LogP contribution is 2.57. The summed E-state index contributed by atoms with van der Waals surface area (Å²) in [5.74, 6) is -3.18. The van der Waals surface area contributed by atoms with Gasteiger partial charge in [-0.1, -0.05) is 67.2 Å². The first-order valence-corrected chi connectivity index (χ1v) is 17.5. The summed E-state index contributed by atoms with van der Waals surface area (Å²) < 4.78 is 24.5. The van der Waals surface area contributed by atoms with Crippen LogP contribution in [0, 0.1) is 22.7 Å². The summed E-state index contributed by atoms with van der Waals surface area (Å²) in [5.41, 5.74) is 3.34. The molecule has 0 spiro atoms. The van der Waals surface area contributed by atoms with Gasteiger partial charge in [0.05, 0.1) is 17.3 Å². The van der Waals surface area contributed by atoms with Gasteiger partial charge >= 0.3 is 6.03 Å². The lowest BCUT2D eigenvalue weighted by Gasteiger charge is -2.63. The Morgan fingerprint density at radius 2 is 1.63 bits per heavy atom. The number of Topliss-reactive ketones (excluding diaryl/α,β-unsaturated/α-hetero) is 1. The van der Waals surface area contributed by atoms with Crippen molar-refractivity contribution in [2.75, 3.05) is 18.6 Å². The van der Waals surface area contributed by atoms with Crippen LogP contribution in [0.4, 0.5) is 4.79 Å². The van der Waals surface area contributed by atoms with Crippen LogP contribution < -0.4 is 21.7 Å². The van der Waals surface area contributed by atoms with Gasteiger partial charge in [-0.05, 0) is 48.3 Å². The van der Waals surface area contributed by atoms with E-state index >= 15 is 0 Å².